The minimum Gasteiger partial charge on any atom is -0.481 e. The van der Waals surface area contributed by atoms with Crippen molar-refractivity contribution in [3.63, 3.8) is 0 Å². The first-order chi connectivity index (χ1) is 8.16. The smallest absolute Gasteiger partial charge is 0.481 e. The Hall–Kier alpha value is -0.470. The highest BCUT2D eigenvalue weighted by molar-refractivity contribution is 7.39. The molecule has 0 spiro atoms. The molecule has 0 fully saturated rings. The molecule has 0 rings (SSSR count). The van der Waals surface area contributed by atoms with Gasteiger partial charge < -0.3 is 5.11 Å². The standard InChI is InChI=1S/C12H23O4P/c1-2-16-17(15)11-9-7-5-3-4-6-8-10-12(13)14/h2-11H2,1H3/p+1. The molecule has 100 valence electrons. The number of carboxylic acids is 1. The highest BCUT2D eigenvalue weighted by Crippen LogP contribution is 2.23. The van der Waals surface area contributed by atoms with Crippen molar-refractivity contribution in [3.05, 3.63) is 0 Å². The zero-order valence-electron chi connectivity index (χ0n) is 10.7. The number of hydrogen-bond acceptors (Lipinski definition) is 3. The summed E-state index contributed by atoms with van der Waals surface area (Å²) in [4.78, 5) is 10.3. The van der Waals surface area contributed by atoms with Gasteiger partial charge in [0.1, 0.15) is 0 Å². The van der Waals surface area contributed by atoms with Gasteiger partial charge in [0, 0.05) is 6.42 Å². The molecule has 0 saturated heterocycles. The maximum Gasteiger partial charge on any atom is 0.508 e. The first-order valence-corrected chi connectivity index (χ1v) is 7.82. The van der Waals surface area contributed by atoms with Gasteiger partial charge in [-0.1, -0.05) is 25.7 Å². The Bertz CT molecular complexity index is 219. The second-order valence-corrected chi connectivity index (χ2v) is 5.46. The predicted octanol–water partition coefficient (Wildman–Crippen LogP) is 3.97. The second kappa shape index (κ2) is 12.0. The zero-order valence-corrected chi connectivity index (χ0v) is 11.6. The summed E-state index contributed by atoms with van der Waals surface area (Å²) >= 11 is 0. The van der Waals surface area contributed by atoms with Crippen molar-refractivity contribution in [2.75, 3.05) is 12.8 Å². The van der Waals surface area contributed by atoms with Gasteiger partial charge in [0.05, 0.1) is 6.61 Å². The van der Waals surface area contributed by atoms with Gasteiger partial charge in [-0.05, 0) is 30.8 Å². The van der Waals surface area contributed by atoms with Crippen LogP contribution in [0.3, 0.4) is 0 Å². The summed E-state index contributed by atoms with van der Waals surface area (Å²) in [6, 6.07) is 0. The van der Waals surface area contributed by atoms with Gasteiger partial charge in [-0.25, -0.2) is 0 Å². The van der Waals surface area contributed by atoms with Gasteiger partial charge in [-0.3, -0.25) is 4.79 Å². The van der Waals surface area contributed by atoms with Gasteiger partial charge >= 0.3 is 14.0 Å². The maximum atomic E-state index is 11.2. The van der Waals surface area contributed by atoms with Crippen LogP contribution in [0.25, 0.3) is 0 Å². The van der Waals surface area contributed by atoms with Crippen LogP contribution in [-0.2, 0) is 13.9 Å². The minimum absolute atomic E-state index is 0.287. The van der Waals surface area contributed by atoms with Crippen LogP contribution in [0, 0.1) is 0 Å². The SMILES string of the molecule is CCO[P+](=O)CCCCCCCCCC(=O)O. The molecule has 5 heteroatoms. The summed E-state index contributed by atoms with van der Waals surface area (Å²) in [7, 11) is -1.43. The average Bonchev–Trinajstić information content (AvgIpc) is 2.27. The van der Waals surface area contributed by atoms with E-state index in [0.717, 1.165) is 44.9 Å². The predicted molar refractivity (Wildman–Crippen MR) is 68.7 cm³/mol. The van der Waals surface area contributed by atoms with E-state index in [9.17, 15) is 9.36 Å². The molecule has 0 radical (unpaired) electrons. The third kappa shape index (κ3) is 13.5. The van der Waals surface area contributed by atoms with Crippen molar-refractivity contribution in [2.24, 2.45) is 0 Å². The summed E-state index contributed by atoms with van der Waals surface area (Å²) in [5.74, 6) is -0.704. The monoisotopic (exact) mass is 263 g/mol. The Balaban J connectivity index is 3.08. The number of carboxylic acid groups (broad SMARTS) is 1. The third-order valence-corrected chi connectivity index (χ3v) is 3.73. The van der Waals surface area contributed by atoms with Crippen molar-refractivity contribution < 1.29 is 19.0 Å². The van der Waals surface area contributed by atoms with Gasteiger partial charge in [-0.15, -0.1) is 4.52 Å². The van der Waals surface area contributed by atoms with E-state index >= 15 is 0 Å². The van der Waals surface area contributed by atoms with E-state index in [1.54, 1.807) is 0 Å². The van der Waals surface area contributed by atoms with Crippen LogP contribution in [0.4, 0.5) is 0 Å². The number of hydrogen-bond donors (Lipinski definition) is 1. The van der Waals surface area contributed by atoms with Crippen LogP contribution in [0.2, 0.25) is 0 Å². The van der Waals surface area contributed by atoms with E-state index in [4.69, 9.17) is 9.63 Å². The largest absolute Gasteiger partial charge is 0.508 e. The second-order valence-electron chi connectivity index (χ2n) is 4.09. The molecule has 1 atom stereocenters. The van der Waals surface area contributed by atoms with Gasteiger partial charge in [-0.2, -0.15) is 0 Å². The molecule has 17 heavy (non-hydrogen) atoms. The molecule has 0 aromatic heterocycles. The Morgan fingerprint density at radius 3 is 2.12 bits per heavy atom. The van der Waals surface area contributed by atoms with Crippen LogP contribution >= 0.6 is 8.03 Å². The molecular weight excluding hydrogens is 239 g/mol. The normalized spacial score (nSPS) is 11.5. The maximum absolute atomic E-state index is 11.2. The summed E-state index contributed by atoms with van der Waals surface area (Å²) in [6.45, 7) is 2.38. The lowest BCUT2D eigenvalue weighted by molar-refractivity contribution is -0.137. The number of aliphatic carboxylic acids is 1. The van der Waals surface area contributed by atoms with Crippen molar-refractivity contribution in [2.45, 2.75) is 58.3 Å². The molecule has 0 aromatic rings. The Morgan fingerprint density at radius 2 is 1.59 bits per heavy atom. The molecule has 0 aromatic carbocycles. The molecule has 4 nitrogen and oxygen atoms in total. The fourth-order valence-corrected chi connectivity index (χ4v) is 2.51. The quantitative estimate of drug-likeness (QED) is 0.427. The summed E-state index contributed by atoms with van der Waals surface area (Å²) in [6.07, 6.45) is 8.18. The lowest BCUT2D eigenvalue weighted by atomic mass is 10.1. The first kappa shape index (κ1) is 16.5. The molecule has 0 amide bonds. The number of carbonyl (C=O) groups is 1. The van der Waals surface area contributed by atoms with Gasteiger partial charge in [0.2, 0.25) is 0 Å². The van der Waals surface area contributed by atoms with Crippen molar-refractivity contribution in [1.29, 1.82) is 0 Å². The third-order valence-electron chi connectivity index (χ3n) is 2.50. The first-order valence-electron chi connectivity index (χ1n) is 6.46. The molecule has 0 bridgehead atoms. The minimum atomic E-state index is -1.43. The summed E-state index contributed by atoms with van der Waals surface area (Å²) < 4.78 is 16.1. The fourth-order valence-electron chi connectivity index (χ4n) is 1.61. The van der Waals surface area contributed by atoms with Crippen molar-refractivity contribution in [1.82, 2.24) is 0 Å². The lowest BCUT2D eigenvalue weighted by Gasteiger charge is -1.98. The lowest BCUT2D eigenvalue weighted by Crippen LogP contribution is -1.93. The molecule has 1 N–H and O–H groups in total. The van der Waals surface area contributed by atoms with Crippen LogP contribution in [0.15, 0.2) is 0 Å². The number of unbranched alkanes of at least 4 members (excludes halogenated alkanes) is 6. The van der Waals surface area contributed by atoms with E-state index < -0.39 is 14.0 Å². The highest BCUT2D eigenvalue weighted by atomic mass is 31.1. The average molecular weight is 263 g/mol. The molecule has 1 unspecified atom stereocenters. The van der Waals surface area contributed by atoms with Crippen LogP contribution in [-0.4, -0.2) is 23.8 Å². The molecule has 0 heterocycles. The Morgan fingerprint density at radius 1 is 1.06 bits per heavy atom. The zero-order chi connectivity index (χ0) is 12.9. The molecule has 0 aliphatic heterocycles. The molecule has 0 aliphatic carbocycles. The molecule has 0 saturated carbocycles. The van der Waals surface area contributed by atoms with E-state index in [2.05, 4.69) is 0 Å². The van der Waals surface area contributed by atoms with Crippen LogP contribution in [0.1, 0.15) is 58.3 Å². The summed E-state index contributed by atoms with van der Waals surface area (Å²) in [5, 5.41) is 8.44. The van der Waals surface area contributed by atoms with E-state index in [1.807, 2.05) is 6.92 Å². The van der Waals surface area contributed by atoms with E-state index in [1.165, 1.54) is 0 Å². The molecule has 0 aliphatic rings. The summed E-state index contributed by atoms with van der Waals surface area (Å²) in [5.41, 5.74) is 0. The van der Waals surface area contributed by atoms with Crippen molar-refractivity contribution >= 4 is 14.0 Å². The van der Waals surface area contributed by atoms with Crippen LogP contribution in [0.5, 0.6) is 0 Å². The number of rotatable bonds is 12. The van der Waals surface area contributed by atoms with Crippen LogP contribution < -0.4 is 0 Å². The van der Waals surface area contributed by atoms with Crippen molar-refractivity contribution in [3.8, 4) is 0 Å². The Labute approximate surface area is 105 Å². The molecular formula is C12H24O4P+. The Kier molecular flexibility index (Phi) is 11.7. The topological polar surface area (TPSA) is 63.6 Å². The van der Waals surface area contributed by atoms with E-state index in [0.29, 0.717) is 12.8 Å². The highest BCUT2D eigenvalue weighted by Gasteiger charge is 2.14. The fraction of sp³-hybridized carbons (Fsp3) is 0.917. The van der Waals surface area contributed by atoms with E-state index in [-0.39, 0.29) is 6.42 Å². The van der Waals surface area contributed by atoms with Gasteiger partial charge in [0.15, 0.2) is 6.16 Å². The van der Waals surface area contributed by atoms with Gasteiger partial charge in [0.25, 0.3) is 0 Å².